The zero-order chi connectivity index (χ0) is 22.4. The van der Waals surface area contributed by atoms with E-state index in [1.165, 1.54) is 6.20 Å². The van der Waals surface area contributed by atoms with Crippen LogP contribution in [0.25, 0.3) is 0 Å². The molecule has 1 unspecified atom stereocenters. The smallest absolute Gasteiger partial charge is 0.242 e. The molecule has 0 aliphatic carbocycles. The van der Waals surface area contributed by atoms with E-state index in [1.807, 2.05) is 37.8 Å². The molecule has 1 aliphatic heterocycles. The van der Waals surface area contributed by atoms with Crippen molar-refractivity contribution < 1.29 is 13.2 Å². The van der Waals surface area contributed by atoms with Gasteiger partial charge in [0.2, 0.25) is 15.9 Å². The van der Waals surface area contributed by atoms with E-state index in [4.69, 9.17) is 0 Å². The normalized spacial score (nSPS) is 17.0. The molecule has 1 amide bonds. The fourth-order valence-corrected chi connectivity index (χ4v) is 5.04. The molecule has 3 rings (SSSR count). The minimum atomic E-state index is -3.60. The zero-order valence-corrected chi connectivity index (χ0v) is 19.2. The topological polar surface area (TPSA) is 104 Å². The molecule has 8 nitrogen and oxygen atoms in total. The molecule has 1 aliphatic rings. The number of nitrogens with one attached hydrogen (secondary N) is 2. The first-order valence-electron chi connectivity index (χ1n) is 10.8. The Balaban J connectivity index is 1.66. The number of hydrogen-bond donors (Lipinski definition) is 2. The van der Waals surface area contributed by atoms with Crippen LogP contribution < -0.4 is 14.9 Å². The van der Waals surface area contributed by atoms with Gasteiger partial charge in [0.1, 0.15) is 16.5 Å². The standard InChI is InChI=1S/C22H31N5O3S/c1-4-18(5-2)26-31(29,30)19-10-11-20(24-14-19)27-13-7-9-17(15-27)22(28)25-21-16(3)8-6-12-23-21/h6,8,10-12,14,17-18,26H,4-5,7,9,13,15H2,1-3H3,(H,23,25,28). The maximum Gasteiger partial charge on any atom is 0.242 e. The first-order chi connectivity index (χ1) is 14.8. The number of nitrogens with zero attached hydrogens (tertiary/aromatic N) is 3. The van der Waals surface area contributed by atoms with E-state index in [-0.39, 0.29) is 22.8 Å². The molecule has 0 saturated carbocycles. The van der Waals surface area contributed by atoms with E-state index in [2.05, 4.69) is 20.0 Å². The minimum Gasteiger partial charge on any atom is -0.356 e. The highest BCUT2D eigenvalue weighted by molar-refractivity contribution is 7.89. The molecule has 168 valence electrons. The highest BCUT2D eigenvalue weighted by Crippen LogP contribution is 2.24. The van der Waals surface area contributed by atoms with Crippen LogP contribution in [0.4, 0.5) is 11.6 Å². The third kappa shape index (κ3) is 5.80. The van der Waals surface area contributed by atoms with Gasteiger partial charge >= 0.3 is 0 Å². The summed E-state index contributed by atoms with van der Waals surface area (Å²) in [5.41, 5.74) is 0.920. The molecule has 1 saturated heterocycles. The Bertz CT molecular complexity index is 990. The van der Waals surface area contributed by atoms with Crippen LogP contribution in [-0.4, -0.2) is 43.4 Å². The second-order valence-corrected chi connectivity index (χ2v) is 9.64. The number of rotatable bonds is 8. The van der Waals surface area contributed by atoms with Crippen LogP contribution in [0.3, 0.4) is 0 Å². The Labute approximate surface area is 184 Å². The molecule has 0 radical (unpaired) electrons. The van der Waals surface area contributed by atoms with E-state index >= 15 is 0 Å². The van der Waals surface area contributed by atoms with Crippen LogP contribution in [0.1, 0.15) is 45.1 Å². The Morgan fingerprint density at radius 1 is 1.23 bits per heavy atom. The molecular weight excluding hydrogens is 414 g/mol. The van der Waals surface area contributed by atoms with Crippen molar-refractivity contribution in [3.8, 4) is 0 Å². The van der Waals surface area contributed by atoms with Crippen LogP contribution >= 0.6 is 0 Å². The molecule has 1 atom stereocenters. The number of aromatic nitrogens is 2. The molecule has 0 bridgehead atoms. The average molecular weight is 446 g/mol. The van der Waals surface area contributed by atoms with Gasteiger partial charge in [-0.1, -0.05) is 19.9 Å². The molecular formula is C22H31N5O3S. The molecule has 1 fully saturated rings. The minimum absolute atomic E-state index is 0.0555. The predicted octanol–water partition coefficient (Wildman–Crippen LogP) is 3.11. The summed E-state index contributed by atoms with van der Waals surface area (Å²) in [4.78, 5) is 23.6. The van der Waals surface area contributed by atoms with Crippen LogP contribution in [0, 0.1) is 12.8 Å². The van der Waals surface area contributed by atoms with Crippen molar-refractivity contribution >= 4 is 27.6 Å². The summed E-state index contributed by atoms with van der Waals surface area (Å²) in [6.45, 7) is 7.12. The number of aryl methyl sites for hydroxylation is 1. The Morgan fingerprint density at radius 3 is 2.65 bits per heavy atom. The highest BCUT2D eigenvalue weighted by atomic mass is 32.2. The number of anilines is 2. The molecule has 2 aromatic heterocycles. The Kier molecular flexibility index (Phi) is 7.61. The predicted molar refractivity (Wildman–Crippen MR) is 121 cm³/mol. The largest absolute Gasteiger partial charge is 0.356 e. The van der Waals surface area contributed by atoms with Gasteiger partial charge in [-0.05, 0) is 56.4 Å². The molecule has 3 heterocycles. The first-order valence-corrected chi connectivity index (χ1v) is 12.3. The van der Waals surface area contributed by atoms with Gasteiger partial charge in [-0.25, -0.2) is 23.1 Å². The fraction of sp³-hybridized carbons (Fsp3) is 0.500. The average Bonchev–Trinajstić information content (AvgIpc) is 2.79. The van der Waals surface area contributed by atoms with Crippen molar-refractivity contribution in [2.24, 2.45) is 5.92 Å². The third-order valence-electron chi connectivity index (χ3n) is 5.71. The highest BCUT2D eigenvalue weighted by Gasteiger charge is 2.27. The number of piperidine rings is 1. The molecule has 31 heavy (non-hydrogen) atoms. The van der Waals surface area contributed by atoms with Crippen molar-refractivity contribution in [3.05, 3.63) is 42.2 Å². The van der Waals surface area contributed by atoms with Gasteiger partial charge < -0.3 is 10.2 Å². The zero-order valence-electron chi connectivity index (χ0n) is 18.3. The molecule has 0 spiro atoms. The second-order valence-electron chi connectivity index (χ2n) is 7.93. The van der Waals surface area contributed by atoms with Gasteiger partial charge in [-0.15, -0.1) is 0 Å². The molecule has 2 aromatic rings. The fourth-order valence-electron chi connectivity index (χ4n) is 3.70. The lowest BCUT2D eigenvalue weighted by Gasteiger charge is -2.33. The quantitative estimate of drug-likeness (QED) is 0.647. The number of hydrogen-bond acceptors (Lipinski definition) is 6. The van der Waals surface area contributed by atoms with E-state index < -0.39 is 10.0 Å². The Morgan fingerprint density at radius 2 is 2.00 bits per heavy atom. The number of sulfonamides is 1. The molecule has 2 N–H and O–H groups in total. The maximum absolute atomic E-state index is 12.8. The van der Waals surface area contributed by atoms with Gasteiger partial charge in [0.15, 0.2) is 0 Å². The second kappa shape index (κ2) is 10.2. The third-order valence-corrected chi connectivity index (χ3v) is 7.21. The van der Waals surface area contributed by atoms with Gasteiger partial charge in [-0.2, -0.15) is 0 Å². The summed E-state index contributed by atoms with van der Waals surface area (Å²) < 4.78 is 27.9. The molecule has 9 heteroatoms. The summed E-state index contributed by atoms with van der Waals surface area (Å²) in [6, 6.07) is 6.95. The van der Waals surface area contributed by atoms with Crippen molar-refractivity contribution in [3.63, 3.8) is 0 Å². The lowest BCUT2D eigenvalue weighted by atomic mass is 9.97. The van der Waals surface area contributed by atoms with E-state index in [1.54, 1.807) is 18.3 Å². The monoisotopic (exact) mass is 445 g/mol. The summed E-state index contributed by atoms with van der Waals surface area (Å²) in [6.07, 6.45) is 6.17. The van der Waals surface area contributed by atoms with Gasteiger partial charge in [0.25, 0.3) is 0 Å². The van der Waals surface area contributed by atoms with Crippen molar-refractivity contribution in [2.75, 3.05) is 23.3 Å². The lowest BCUT2D eigenvalue weighted by molar-refractivity contribution is -0.120. The van der Waals surface area contributed by atoms with E-state index in [9.17, 15) is 13.2 Å². The maximum atomic E-state index is 12.8. The summed E-state index contributed by atoms with van der Waals surface area (Å²) >= 11 is 0. The molecule has 0 aromatic carbocycles. The van der Waals surface area contributed by atoms with E-state index in [0.717, 1.165) is 37.8 Å². The van der Waals surface area contributed by atoms with Crippen LogP contribution in [-0.2, 0) is 14.8 Å². The lowest BCUT2D eigenvalue weighted by Crippen LogP contribution is -2.41. The number of pyridine rings is 2. The summed E-state index contributed by atoms with van der Waals surface area (Å²) in [5.74, 6) is 1.02. The summed E-state index contributed by atoms with van der Waals surface area (Å²) in [7, 11) is -3.60. The number of carbonyl (C=O) groups is 1. The van der Waals surface area contributed by atoms with Crippen LogP contribution in [0.15, 0.2) is 41.6 Å². The van der Waals surface area contributed by atoms with Crippen molar-refractivity contribution in [2.45, 2.75) is 57.4 Å². The first kappa shape index (κ1) is 23.1. The van der Waals surface area contributed by atoms with Crippen LogP contribution in [0.2, 0.25) is 0 Å². The van der Waals surface area contributed by atoms with E-state index in [0.29, 0.717) is 18.2 Å². The number of carbonyl (C=O) groups excluding carboxylic acids is 1. The van der Waals surface area contributed by atoms with Crippen molar-refractivity contribution in [1.29, 1.82) is 0 Å². The van der Waals surface area contributed by atoms with Gasteiger partial charge in [0, 0.05) is 31.5 Å². The van der Waals surface area contributed by atoms with Crippen LogP contribution in [0.5, 0.6) is 0 Å². The van der Waals surface area contributed by atoms with Gasteiger partial charge in [0.05, 0.1) is 5.92 Å². The van der Waals surface area contributed by atoms with Crippen molar-refractivity contribution in [1.82, 2.24) is 14.7 Å². The van der Waals surface area contributed by atoms with Gasteiger partial charge in [-0.3, -0.25) is 4.79 Å². The Hall–Kier alpha value is -2.52. The summed E-state index contributed by atoms with van der Waals surface area (Å²) in [5, 5.41) is 2.93. The SMILES string of the molecule is CCC(CC)NS(=O)(=O)c1ccc(N2CCCC(C(=O)Nc3ncccc3C)C2)nc1. The number of amides is 1.